The Kier molecular flexibility index (Phi) is 2.82. The lowest BCUT2D eigenvalue weighted by Gasteiger charge is -2.06. The maximum absolute atomic E-state index is 5.85. The molecule has 0 aliphatic heterocycles. The lowest BCUT2D eigenvalue weighted by Crippen LogP contribution is -1.97. The van der Waals surface area contributed by atoms with E-state index in [1.807, 2.05) is 12.1 Å². The number of anilines is 2. The molecule has 3 heterocycles. The highest BCUT2D eigenvalue weighted by molar-refractivity contribution is 7.19. The van der Waals surface area contributed by atoms with Crippen LogP contribution >= 0.6 is 22.9 Å². The number of aryl methyl sites for hydroxylation is 2. The number of nitrogens with one attached hydrogen (secondary N) is 1. The molecule has 4 nitrogen and oxygen atoms in total. The summed E-state index contributed by atoms with van der Waals surface area (Å²) in [6.07, 6.45) is 6.73. The number of pyridine rings is 1. The van der Waals surface area contributed by atoms with Gasteiger partial charge in [-0.05, 0) is 37.0 Å². The molecular formula is C14H11ClN4S. The van der Waals surface area contributed by atoms with E-state index in [2.05, 4.69) is 20.3 Å². The summed E-state index contributed by atoms with van der Waals surface area (Å²) in [5.41, 5.74) is 1.40. The third kappa shape index (κ3) is 1.94. The molecule has 0 spiro atoms. The Morgan fingerprint density at radius 2 is 2.10 bits per heavy atom. The first-order chi connectivity index (χ1) is 9.81. The van der Waals surface area contributed by atoms with E-state index in [0.717, 1.165) is 34.7 Å². The summed E-state index contributed by atoms with van der Waals surface area (Å²) < 4.78 is 0. The number of aromatic nitrogens is 3. The molecule has 1 aliphatic carbocycles. The van der Waals surface area contributed by atoms with Gasteiger partial charge in [-0.3, -0.25) is 0 Å². The third-order valence-corrected chi connectivity index (χ3v) is 4.90. The van der Waals surface area contributed by atoms with E-state index < -0.39 is 0 Å². The van der Waals surface area contributed by atoms with E-state index in [1.54, 1.807) is 23.9 Å². The van der Waals surface area contributed by atoms with Gasteiger partial charge in [0.2, 0.25) is 0 Å². The predicted molar refractivity (Wildman–Crippen MR) is 82.0 cm³/mol. The second-order valence-electron chi connectivity index (χ2n) is 4.75. The topological polar surface area (TPSA) is 50.7 Å². The Morgan fingerprint density at radius 3 is 2.95 bits per heavy atom. The van der Waals surface area contributed by atoms with Crippen molar-refractivity contribution >= 4 is 44.8 Å². The number of fused-ring (bicyclic) bond motifs is 3. The van der Waals surface area contributed by atoms with E-state index in [4.69, 9.17) is 11.6 Å². The summed E-state index contributed by atoms with van der Waals surface area (Å²) in [5.74, 6) is 1.58. The largest absolute Gasteiger partial charge is 0.324 e. The maximum atomic E-state index is 5.85. The normalized spacial score (nSPS) is 13.7. The fourth-order valence-electron chi connectivity index (χ4n) is 2.59. The van der Waals surface area contributed by atoms with E-state index in [1.165, 1.54) is 16.9 Å². The first-order valence-electron chi connectivity index (χ1n) is 6.45. The number of rotatable bonds is 2. The van der Waals surface area contributed by atoms with Gasteiger partial charge in [0.05, 0.1) is 10.4 Å². The molecule has 0 saturated carbocycles. The van der Waals surface area contributed by atoms with Crippen molar-refractivity contribution in [1.29, 1.82) is 0 Å². The number of thiophene rings is 1. The number of hydrogen-bond donors (Lipinski definition) is 1. The van der Waals surface area contributed by atoms with Crippen molar-refractivity contribution in [3.05, 3.63) is 40.1 Å². The van der Waals surface area contributed by atoms with Crippen LogP contribution in [0.25, 0.3) is 10.2 Å². The minimum Gasteiger partial charge on any atom is -0.324 e. The number of nitrogens with zero attached hydrogens (tertiary/aromatic N) is 3. The van der Waals surface area contributed by atoms with Crippen LogP contribution in [0.4, 0.5) is 11.6 Å². The lowest BCUT2D eigenvalue weighted by atomic mass is 10.2. The Hall–Kier alpha value is -1.72. The molecule has 0 aromatic carbocycles. The predicted octanol–water partition coefficient (Wildman–Crippen LogP) is 3.97. The van der Waals surface area contributed by atoms with Crippen molar-refractivity contribution in [3.63, 3.8) is 0 Å². The van der Waals surface area contributed by atoms with E-state index in [9.17, 15) is 0 Å². The molecule has 1 N–H and O–H groups in total. The van der Waals surface area contributed by atoms with Crippen LogP contribution in [0.15, 0.2) is 24.7 Å². The summed E-state index contributed by atoms with van der Waals surface area (Å²) >= 11 is 7.64. The molecule has 0 radical (unpaired) electrons. The van der Waals surface area contributed by atoms with Crippen LogP contribution in [0.2, 0.25) is 5.02 Å². The molecule has 0 saturated heterocycles. The van der Waals surface area contributed by atoms with Crippen LogP contribution in [-0.2, 0) is 12.8 Å². The fraction of sp³-hybridized carbons (Fsp3) is 0.214. The van der Waals surface area contributed by atoms with Gasteiger partial charge in [-0.2, -0.15) is 0 Å². The average Bonchev–Trinajstić information content (AvgIpc) is 3.02. The minimum atomic E-state index is 0.625. The molecule has 1 aliphatic rings. The lowest BCUT2D eigenvalue weighted by molar-refractivity contribution is 0.917. The van der Waals surface area contributed by atoms with Crippen LogP contribution < -0.4 is 5.32 Å². The van der Waals surface area contributed by atoms with Gasteiger partial charge in [-0.15, -0.1) is 11.3 Å². The highest BCUT2D eigenvalue weighted by atomic mass is 35.5. The van der Waals surface area contributed by atoms with Gasteiger partial charge in [0.15, 0.2) is 0 Å². The molecule has 0 amide bonds. The second kappa shape index (κ2) is 4.68. The third-order valence-electron chi connectivity index (χ3n) is 3.48. The molecule has 3 aromatic heterocycles. The standard InChI is InChI=1S/C14H11ClN4S/c15-8-4-5-11(16-6-8)19-13-12-9-2-1-3-10(9)20-14(12)18-7-17-13/h4-7H,1-3H2,(H,16,17,18,19). The molecule has 100 valence electrons. The van der Waals surface area contributed by atoms with Gasteiger partial charge in [0.25, 0.3) is 0 Å². The van der Waals surface area contributed by atoms with Gasteiger partial charge >= 0.3 is 0 Å². The smallest absolute Gasteiger partial charge is 0.144 e. The quantitative estimate of drug-likeness (QED) is 0.778. The van der Waals surface area contributed by atoms with Crippen molar-refractivity contribution in [2.45, 2.75) is 19.3 Å². The molecule has 3 aromatic rings. The van der Waals surface area contributed by atoms with Crippen molar-refractivity contribution in [2.75, 3.05) is 5.32 Å². The van der Waals surface area contributed by atoms with Crippen molar-refractivity contribution in [3.8, 4) is 0 Å². The molecule has 6 heteroatoms. The van der Waals surface area contributed by atoms with Crippen LogP contribution in [0.5, 0.6) is 0 Å². The molecule has 0 unspecified atom stereocenters. The molecular weight excluding hydrogens is 292 g/mol. The SMILES string of the molecule is Clc1ccc(Nc2ncnc3sc4c(c23)CCC4)nc1. The van der Waals surface area contributed by atoms with E-state index >= 15 is 0 Å². The molecule has 0 fully saturated rings. The summed E-state index contributed by atoms with van der Waals surface area (Å²) in [4.78, 5) is 15.5. The molecule has 20 heavy (non-hydrogen) atoms. The Labute approximate surface area is 124 Å². The Bertz CT molecular complexity index is 782. The van der Waals surface area contributed by atoms with Crippen LogP contribution in [-0.4, -0.2) is 15.0 Å². The van der Waals surface area contributed by atoms with Gasteiger partial charge in [-0.1, -0.05) is 11.6 Å². The zero-order valence-corrected chi connectivity index (χ0v) is 12.1. The number of halogens is 1. The van der Waals surface area contributed by atoms with Gasteiger partial charge in [0.1, 0.15) is 22.8 Å². The first-order valence-corrected chi connectivity index (χ1v) is 7.64. The van der Waals surface area contributed by atoms with E-state index in [0.29, 0.717) is 5.02 Å². The Balaban J connectivity index is 1.81. The highest BCUT2D eigenvalue weighted by Gasteiger charge is 2.21. The van der Waals surface area contributed by atoms with E-state index in [-0.39, 0.29) is 0 Å². The monoisotopic (exact) mass is 302 g/mol. The fourth-order valence-corrected chi connectivity index (χ4v) is 3.94. The second-order valence-corrected chi connectivity index (χ2v) is 6.27. The van der Waals surface area contributed by atoms with Crippen LogP contribution in [0.1, 0.15) is 16.9 Å². The number of hydrogen-bond acceptors (Lipinski definition) is 5. The summed E-state index contributed by atoms with van der Waals surface area (Å²) in [6, 6.07) is 3.66. The maximum Gasteiger partial charge on any atom is 0.144 e. The van der Waals surface area contributed by atoms with Gasteiger partial charge in [-0.25, -0.2) is 15.0 Å². The Morgan fingerprint density at radius 1 is 1.15 bits per heavy atom. The summed E-state index contributed by atoms with van der Waals surface area (Å²) in [6.45, 7) is 0. The van der Waals surface area contributed by atoms with Crippen molar-refractivity contribution in [1.82, 2.24) is 15.0 Å². The summed E-state index contributed by atoms with van der Waals surface area (Å²) in [7, 11) is 0. The van der Waals surface area contributed by atoms with Crippen molar-refractivity contribution < 1.29 is 0 Å². The zero-order valence-electron chi connectivity index (χ0n) is 10.6. The summed E-state index contributed by atoms with van der Waals surface area (Å²) in [5, 5.41) is 5.05. The van der Waals surface area contributed by atoms with Crippen molar-refractivity contribution in [2.24, 2.45) is 0 Å². The molecule has 0 bridgehead atoms. The average molecular weight is 303 g/mol. The van der Waals surface area contributed by atoms with Gasteiger partial charge < -0.3 is 5.32 Å². The zero-order chi connectivity index (χ0) is 13.5. The molecule has 0 atom stereocenters. The molecule has 4 rings (SSSR count). The van der Waals surface area contributed by atoms with Crippen LogP contribution in [0.3, 0.4) is 0 Å². The first kappa shape index (κ1) is 12.1. The van der Waals surface area contributed by atoms with Gasteiger partial charge in [0, 0.05) is 11.1 Å². The minimum absolute atomic E-state index is 0.625. The van der Waals surface area contributed by atoms with Crippen LogP contribution in [0, 0.1) is 0 Å². The highest BCUT2D eigenvalue weighted by Crippen LogP contribution is 2.39.